The minimum Gasteiger partial charge on any atom is -0.497 e. The average molecular weight is 390 g/mol. The summed E-state index contributed by atoms with van der Waals surface area (Å²) in [5.74, 6) is 0.589. The van der Waals surface area contributed by atoms with Gasteiger partial charge >= 0.3 is 0 Å². The van der Waals surface area contributed by atoms with Crippen LogP contribution < -0.4 is 20.1 Å². The van der Waals surface area contributed by atoms with E-state index < -0.39 is 0 Å². The van der Waals surface area contributed by atoms with Crippen LogP contribution in [0.2, 0.25) is 0 Å². The van der Waals surface area contributed by atoms with E-state index in [1.54, 1.807) is 48.5 Å². The van der Waals surface area contributed by atoms with Gasteiger partial charge in [-0.3, -0.25) is 9.59 Å². The van der Waals surface area contributed by atoms with E-state index in [0.29, 0.717) is 34.0 Å². The molecule has 0 unspecified atom stereocenters. The Bertz CT molecular complexity index is 1010. The second-order valence-corrected chi connectivity index (χ2v) is 6.41. The number of aryl methyl sites for hydroxylation is 1. The lowest BCUT2D eigenvalue weighted by Gasteiger charge is -2.12. The smallest absolute Gasteiger partial charge is 0.255 e. The number of hydrogen-bond donors (Lipinski definition) is 2. The van der Waals surface area contributed by atoms with Crippen molar-refractivity contribution in [3.63, 3.8) is 0 Å². The Balaban J connectivity index is 1.73. The molecule has 2 N–H and O–H groups in total. The second-order valence-electron chi connectivity index (χ2n) is 6.41. The highest BCUT2D eigenvalue weighted by atomic mass is 16.5. The number of carbonyl (C=O) groups is 2. The number of anilines is 2. The zero-order valence-electron chi connectivity index (χ0n) is 16.5. The first kappa shape index (κ1) is 19.9. The van der Waals surface area contributed by atoms with Crippen LogP contribution in [-0.4, -0.2) is 26.0 Å². The molecular formula is C23H22N2O4. The molecule has 0 aliphatic rings. The molecule has 0 heterocycles. The first-order chi connectivity index (χ1) is 14.0. The number of ether oxygens (including phenoxy) is 2. The fourth-order valence-electron chi connectivity index (χ4n) is 2.81. The Kier molecular flexibility index (Phi) is 6.14. The largest absolute Gasteiger partial charge is 0.497 e. The van der Waals surface area contributed by atoms with Crippen molar-refractivity contribution in [1.82, 2.24) is 0 Å². The molecule has 0 saturated carbocycles. The fraction of sp³-hybridized carbons (Fsp3) is 0.130. The summed E-state index contributed by atoms with van der Waals surface area (Å²) in [6.45, 7) is 1.87. The number of amides is 2. The van der Waals surface area contributed by atoms with Gasteiger partial charge in [0.05, 0.1) is 14.2 Å². The van der Waals surface area contributed by atoms with Crippen molar-refractivity contribution in [2.24, 2.45) is 0 Å². The summed E-state index contributed by atoms with van der Waals surface area (Å²) < 4.78 is 10.4. The Morgan fingerprint density at radius 1 is 0.724 bits per heavy atom. The molecule has 0 saturated heterocycles. The fourth-order valence-corrected chi connectivity index (χ4v) is 2.81. The normalized spacial score (nSPS) is 10.2. The quantitative estimate of drug-likeness (QED) is 0.649. The van der Waals surface area contributed by atoms with Gasteiger partial charge in [0.1, 0.15) is 11.5 Å². The Morgan fingerprint density at radius 2 is 1.34 bits per heavy atom. The lowest BCUT2D eigenvalue weighted by Crippen LogP contribution is -2.14. The lowest BCUT2D eigenvalue weighted by atomic mass is 10.1. The molecule has 3 aromatic rings. The summed E-state index contributed by atoms with van der Waals surface area (Å²) in [5, 5.41) is 5.74. The van der Waals surface area contributed by atoms with Crippen LogP contribution in [0, 0.1) is 6.92 Å². The average Bonchev–Trinajstić information content (AvgIpc) is 2.75. The summed E-state index contributed by atoms with van der Waals surface area (Å²) in [4.78, 5) is 24.9. The van der Waals surface area contributed by atoms with E-state index in [2.05, 4.69) is 10.6 Å². The summed E-state index contributed by atoms with van der Waals surface area (Å²) in [7, 11) is 3.06. The Morgan fingerprint density at radius 3 is 1.93 bits per heavy atom. The first-order valence-corrected chi connectivity index (χ1v) is 9.01. The van der Waals surface area contributed by atoms with E-state index in [-0.39, 0.29) is 11.8 Å². The van der Waals surface area contributed by atoms with Gasteiger partial charge in [-0.15, -0.1) is 0 Å². The molecule has 3 aromatic carbocycles. The van der Waals surface area contributed by atoms with Crippen molar-refractivity contribution in [2.45, 2.75) is 6.92 Å². The molecule has 0 radical (unpaired) electrons. The number of benzene rings is 3. The number of nitrogens with one attached hydrogen (secondary N) is 2. The third-order valence-electron chi connectivity index (χ3n) is 4.38. The van der Waals surface area contributed by atoms with E-state index in [9.17, 15) is 9.59 Å². The lowest BCUT2D eigenvalue weighted by molar-refractivity contribution is 0.101. The molecule has 29 heavy (non-hydrogen) atoms. The molecule has 3 rings (SSSR count). The SMILES string of the molecule is COc1cc(OC)cc(C(=O)Nc2ccc(NC(=O)c3ccccc3)c(C)c2)c1. The highest BCUT2D eigenvalue weighted by Gasteiger charge is 2.12. The van der Waals surface area contributed by atoms with Crippen LogP contribution in [0.4, 0.5) is 11.4 Å². The molecule has 0 aliphatic carbocycles. The third kappa shape index (κ3) is 4.93. The van der Waals surface area contributed by atoms with Crippen molar-refractivity contribution in [3.8, 4) is 11.5 Å². The van der Waals surface area contributed by atoms with Crippen molar-refractivity contribution in [2.75, 3.05) is 24.9 Å². The molecule has 0 bridgehead atoms. The molecule has 6 heteroatoms. The van der Waals surface area contributed by atoms with Gasteiger partial charge < -0.3 is 20.1 Å². The van der Waals surface area contributed by atoms with Crippen molar-refractivity contribution < 1.29 is 19.1 Å². The van der Waals surface area contributed by atoms with Gasteiger partial charge in [-0.2, -0.15) is 0 Å². The summed E-state index contributed by atoms with van der Waals surface area (Å²) in [6.07, 6.45) is 0. The van der Waals surface area contributed by atoms with Gasteiger partial charge in [0.15, 0.2) is 0 Å². The molecule has 0 atom stereocenters. The van der Waals surface area contributed by atoms with E-state index >= 15 is 0 Å². The molecule has 148 valence electrons. The molecule has 2 amide bonds. The van der Waals surface area contributed by atoms with Crippen LogP contribution in [0.15, 0.2) is 66.7 Å². The van der Waals surface area contributed by atoms with E-state index in [4.69, 9.17) is 9.47 Å². The van der Waals surface area contributed by atoms with Gasteiger partial charge in [-0.05, 0) is 55.0 Å². The highest BCUT2D eigenvalue weighted by molar-refractivity contribution is 6.06. The number of hydrogen-bond acceptors (Lipinski definition) is 4. The number of rotatable bonds is 6. The summed E-state index contributed by atoms with van der Waals surface area (Å²) in [5.41, 5.74) is 3.12. The summed E-state index contributed by atoms with van der Waals surface area (Å²) in [6, 6.07) is 19.3. The van der Waals surface area contributed by atoms with E-state index in [1.165, 1.54) is 14.2 Å². The molecule has 0 aromatic heterocycles. The van der Waals surface area contributed by atoms with E-state index in [1.807, 2.05) is 25.1 Å². The summed E-state index contributed by atoms with van der Waals surface area (Å²) >= 11 is 0. The third-order valence-corrected chi connectivity index (χ3v) is 4.38. The zero-order chi connectivity index (χ0) is 20.8. The molecular weight excluding hydrogens is 368 g/mol. The molecule has 0 aliphatic heterocycles. The minimum absolute atomic E-state index is 0.186. The number of carbonyl (C=O) groups excluding carboxylic acids is 2. The van der Waals surface area contributed by atoms with Crippen LogP contribution in [0.3, 0.4) is 0 Å². The van der Waals surface area contributed by atoms with Gasteiger partial charge in [0, 0.05) is 28.6 Å². The Hall–Kier alpha value is -3.80. The monoisotopic (exact) mass is 390 g/mol. The van der Waals surface area contributed by atoms with Crippen LogP contribution in [-0.2, 0) is 0 Å². The standard InChI is InChI=1S/C23H22N2O4/c1-15-11-18(9-10-21(15)25-22(26)16-7-5-4-6-8-16)24-23(27)17-12-19(28-2)14-20(13-17)29-3/h4-14H,1-3H3,(H,24,27)(H,25,26). The predicted molar refractivity (Wildman–Crippen MR) is 113 cm³/mol. The maximum absolute atomic E-state index is 12.6. The van der Waals surface area contributed by atoms with Crippen LogP contribution in [0.5, 0.6) is 11.5 Å². The van der Waals surface area contributed by atoms with Crippen molar-refractivity contribution in [1.29, 1.82) is 0 Å². The topological polar surface area (TPSA) is 76.7 Å². The maximum Gasteiger partial charge on any atom is 0.255 e. The molecule has 0 spiro atoms. The minimum atomic E-state index is -0.289. The maximum atomic E-state index is 12.6. The second kappa shape index (κ2) is 8.93. The van der Waals surface area contributed by atoms with Gasteiger partial charge in [-0.1, -0.05) is 18.2 Å². The van der Waals surface area contributed by atoms with Crippen molar-refractivity contribution in [3.05, 3.63) is 83.4 Å². The number of methoxy groups -OCH3 is 2. The van der Waals surface area contributed by atoms with Gasteiger partial charge in [-0.25, -0.2) is 0 Å². The highest BCUT2D eigenvalue weighted by Crippen LogP contribution is 2.25. The molecule has 0 fully saturated rings. The zero-order valence-corrected chi connectivity index (χ0v) is 16.5. The van der Waals surface area contributed by atoms with Crippen molar-refractivity contribution >= 4 is 23.2 Å². The van der Waals surface area contributed by atoms with Gasteiger partial charge in [0.2, 0.25) is 0 Å². The van der Waals surface area contributed by atoms with Crippen LogP contribution in [0.1, 0.15) is 26.3 Å². The van der Waals surface area contributed by atoms with E-state index in [0.717, 1.165) is 5.56 Å². The predicted octanol–water partition coefficient (Wildman–Crippen LogP) is 4.52. The van der Waals surface area contributed by atoms with Gasteiger partial charge in [0.25, 0.3) is 11.8 Å². The van der Waals surface area contributed by atoms with Crippen LogP contribution in [0.25, 0.3) is 0 Å². The first-order valence-electron chi connectivity index (χ1n) is 9.01. The Labute approximate surface area is 169 Å². The van der Waals surface area contributed by atoms with Crippen LogP contribution >= 0.6 is 0 Å². The molecule has 6 nitrogen and oxygen atoms in total.